The van der Waals surface area contributed by atoms with E-state index in [0.29, 0.717) is 11.1 Å². The molecule has 1 heterocycles. The summed E-state index contributed by atoms with van der Waals surface area (Å²) in [5.74, 6) is -1.00. The van der Waals surface area contributed by atoms with E-state index in [4.69, 9.17) is 4.74 Å². The van der Waals surface area contributed by atoms with Crippen molar-refractivity contribution in [3.8, 4) is 5.69 Å². The summed E-state index contributed by atoms with van der Waals surface area (Å²) >= 11 is 0. The van der Waals surface area contributed by atoms with Crippen LogP contribution in [0.4, 0.5) is 4.39 Å². The summed E-state index contributed by atoms with van der Waals surface area (Å²) in [5, 5.41) is 4.06. The van der Waals surface area contributed by atoms with Gasteiger partial charge in [0.15, 0.2) is 0 Å². The number of aryl methyl sites for hydroxylation is 2. The number of methoxy groups -OCH3 is 1. The Kier molecular flexibility index (Phi) is 6.65. The minimum Gasteiger partial charge on any atom is -0.465 e. The Balaban J connectivity index is 1.74. The first-order chi connectivity index (χ1) is 14.8. The van der Waals surface area contributed by atoms with Crippen LogP contribution in [0.3, 0.4) is 0 Å². The number of carbonyl (C=O) groups is 2. The number of esters is 1. The molecule has 3 aromatic rings. The highest BCUT2D eigenvalue weighted by molar-refractivity contribution is 5.90. The fourth-order valence-corrected chi connectivity index (χ4v) is 3.44. The number of ether oxygens (including phenoxy) is 1. The molecule has 3 rings (SSSR count). The second kappa shape index (κ2) is 9.38. The first-order valence-electron chi connectivity index (χ1n) is 9.74. The van der Waals surface area contributed by atoms with Gasteiger partial charge in [-0.1, -0.05) is 12.1 Å². The smallest absolute Gasteiger partial charge is 0.337 e. The first-order valence-corrected chi connectivity index (χ1v) is 9.74. The third-order valence-corrected chi connectivity index (χ3v) is 5.00. The second-order valence-corrected chi connectivity index (χ2v) is 7.25. The molecule has 0 unspecified atom stereocenters. The van der Waals surface area contributed by atoms with E-state index in [1.807, 2.05) is 32.9 Å². The van der Waals surface area contributed by atoms with E-state index < -0.39 is 0 Å². The highest BCUT2D eigenvalue weighted by Gasteiger charge is 2.14. The van der Waals surface area contributed by atoms with Gasteiger partial charge in [0.1, 0.15) is 5.82 Å². The highest BCUT2D eigenvalue weighted by Crippen LogP contribution is 2.23. The lowest BCUT2D eigenvalue weighted by atomic mass is 10.1. The predicted octanol–water partition coefficient (Wildman–Crippen LogP) is 4.02. The summed E-state index contributed by atoms with van der Waals surface area (Å²) < 4.78 is 19.8. The molecule has 31 heavy (non-hydrogen) atoms. The monoisotopic (exact) mass is 421 g/mol. The van der Waals surface area contributed by atoms with Gasteiger partial charge < -0.3 is 9.30 Å². The average Bonchev–Trinajstić information content (AvgIpc) is 3.02. The molecule has 0 bridgehead atoms. The third-order valence-electron chi connectivity index (χ3n) is 5.00. The maximum atomic E-state index is 13.0. The van der Waals surface area contributed by atoms with E-state index in [1.54, 1.807) is 30.5 Å². The summed E-state index contributed by atoms with van der Waals surface area (Å²) in [6, 6.07) is 13.2. The minimum atomic E-state index is -0.375. The van der Waals surface area contributed by atoms with Crippen molar-refractivity contribution < 1.29 is 18.7 Å². The number of hydrogen-bond acceptors (Lipinski definition) is 4. The first kappa shape index (κ1) is 22.0. The Morgan fingerprint density at radius 3 is 2.45 bits per heavy atom. The number of nitrogens with zero attached hydrogens (tertiary/aromatic N) is 2. The quantitative estimate of drug-likeness (QED) is 0.371. The molecule has 6 nitrogen and oxygen atoms in total. The van der Waals surface area contributed by atoms with Gasteiger partial charge in [-0.2, -0.15) is 5.10 Å². The number of nitrogens with one attached hydrogen (secondary N) is 1. The van der Waals surface area contributed by atoms with Gasteiger partial charge >= 0.3 is 5.97 Å². The van der Waals surface area contributed by atoms with Crippen molar-refractivity contribution in [3.05, 3.63) is 88.0 Å². The molecule has 0 fully saturated rings. The number of amides is 1. The lowest BCUT2D eigenvalue weighted by Gasteiger charge is -2.13. The number of hydrogen-bond donors (Lipinski definition) is 1. The van der Waals surface area contributed by atoms with Crippen LogP contribution >= 0.6 is 0 Å². The van der Waals surface area contributed by atoms with Gasteiger partial charge in [0, 0.05) is 22.6 Å². The van der Waals surface area contributed by atoms with Crippen molar-refractivity contribution in [1.82, 2.24) is 9.99 Å². The second-order valence-electron chi connectivity index (χ2n) is 7.25. The molecule has 0 aliphatic heterocycles. The van der Waals surface area contributed by atoms with Crippen LogP contribution < -0.4 is 5.43 Å². The normalized spacial score (nSPS) is 11.0. The fraction of sp³-hybridized carbons (Fsp3) is 0.208. The van der Waals surface area contributed by atoms with Crippen molar-refractivity contribution in [2.24, 2.45) is 5.10 Å². The topological polar surface area (TPSA) is 72.7 Å². The van der Waals surface area contributed by atoms with Crippen LogP contribution in [0.5, 0.6) is 0 Å². The molecule has 1 N–H and O–H groups in total. The molecule has 7 heteroatoms. The van der Waals surface area contributed by atoms with Crippen LogP contribution in [0.25, 0.3) is 5.69 Å². The Hall–Kier alpha value is -3.74. The zero-order valence-corrected chi connectivity index (χ0v) is 17.9. The third kappa shape index (κ3) is 5.06. The zero-order chi connectivity index (χ0) is 22.5. The van der Waals surface area contributed by atoms with Crippen LogP contribution in [0, 0.1) is 26.6 Å². The van der Waals surface area contributed by atoms with Crippen molar-refractivity contribution >= 4 is 18.1 Å². The van der Waals surface area contributed by atoms with E-state index in [9.17, 15) is 14.0 Å². The molecule has 0 saturated heterocycles. The van der Waals surface area contributed by atoms with Crippen LogP contribution in [-0.2, 0) is 16.0 Å². The molecule has 0 aliphatic carbocycles. The number of rotatable bonds is 6. The van der Waals surface area contributed by atoms with Crippen LogP contribution in [-0.4, -0.2) is 29.8 Å². The maximum Gasteiger partial charge on any atom is 0.337 e. The summed E-state index contributed by atoms with van der Waals surface area (Å²) in [6.45, 7) is 5.87. The van der Waals surface area contributed by atoms with Crippen LogP contribution in [0.2, 0.25) is 0 Å². The highest BCUT2D eigenvalue weighted by atomic mass is 19.1. The largest absolute Gasteiger partial charge is 0.465 e. The van der Waals surface area contributed by atoms with E-state index >= 15 is 0 Å². The van der Waals surface area contributed by atoms with Gasteiger partial charge in [0.25, 0.3) is 0 Å². The molecular weight excluding hydrogens is 397 g/mol. The Morgan fingerprint density at radius 1 is 1.10 bits per heavy atom. The van der Waals surface area contributed by atoms with Crippen LogP contribution in [0.15, 0.2) is 53.6 Å². The van der Waals surface area contributed by atoms with Gasteiger partial charge in [-0.3, -0.25) is 4.79 Å². The standard InChI is InChI=1S/C24H24FN3O3/c1-15-11-19(24(30)31-4)7-10-22(15)28-16(2)12-20(17(28)3)14-26-27-23(29)13-18-5-8-21(25)9-6-18/h5-12,14H,13H2,1-4H3,(H,27,29)/b26-14+. The molecule has 160 valence electrons. The maximum absolute atomic E-state index is 13.0. The molecule has 1 aromatic heterocycles. The Morgan fingerprint density at radius 2 is 1.81 bits per heavy atom. The number of aromatic nitrogens is 1. The predicted molar refractivity (Wildman–Crippen MR) is 117 cm³/mol. The van der Waals surface area contributed by atoms with E-state index in [2.05, 4.69) is 15.1 Å². The molecule has 2 aromatic carbocycles. The SMILES string of the molecule is COC(=O)c1ccc(-n2c(C)cc(/C=N/NC(=O)Cc3ccc(F)cc3)c2C)c(C)c1. The Labute approximate surface area is 180 Å². The average molecular weight is 421 g/mol. The lowest BCUT2D eigenvalue weighted by Crippen LogP contribution is -2.19. The van der Waals surface area contributed by atoms with E-state index in [1.165, 1.54) is 19.2 Å². The molecule has 0 saturated carbocycles. The zero-order valence-electron chi connectivity index (χ0n) is 17.9. The molecule has 0 radical (unpaired) electrons. The number of benzene rings is 2. The van der Waals surface area contributed by atoms with Gasteiger partial charge in [-0.15, -0.1) is 0 Å². The lowest BCUT2D eigenvalue weighted by molar-refractivity contribution is -0.120. The molecule has 0 atom stereocenters. The van der Waals surface area contributed by atoms with E-state index in [0.717, 1.165) is 28.2 Å². The summed E-state index contributed by atoms with van der Waals surface area (Å²) in [5.41, 5.74) is 8.38. The Bertz CT molecular complexity index is 1150. The van der Waals surface area contributed by atoms with Crippen molar-refractivity contribution in [3.63, 3.8) is 0 Å². The van der Waals surface area contributed by atoms with Gasteiger partial charge in [-0.05, 0) is 68.3 Å². The van der Waals surface area contributed by atoms with E-state index in [-0.39, 0.29) is 24.1 Å². The fourth-order valence-electron chi connectivity index (χ4n) is 3.44. The van der Waals surface area contributed by atoms with Gasteiger partial charge in [-0.25, -0.2) is 14.6 Å². The molecular formula is C24H24FN3O3. The molecule has 1 amide bonds. The minimum absolute atomic E-state index is 0.113. The number of carbonyl (C=O) groups excluding carboxylic acids is 2. The van der Waals surface area contributed by atoms with Gasteiger partial charge in [0.05, 0.1) is 25.3 Å². The summed E-state index contributed by atoms with van der Waals surface area (Å²) in [4.78, 5) is 23.8. The summed E-state index contributed by atoms with van der Waals surface area (Å²) in [6.07, 6.45) is 1.71. The van der Waals surface area contributed by atoms with Crippen LogP contribution in [0.1, 0.15) is 38.4 Å². The summed E-state index contributed by atoms with van der Waals surface area (Å²) in [7, 11) is 1.36. The van der Waals surface area contributed by atoms with Crippen molar-refractivity contribution in [2.75, 3.05) is 7.11 Å². The molecule has 0 spiro atoms. The van der Waals surface area contributed by atoms with Gasteiger partial charge in [0.2, 0.25) is 5.91 Å². The number of halogens is 1. The van der Waals surface area contributed by atoms with Crippen molar-refractivity contribution in [2.45, 2.75) is 27.2 Å². The number of hydrazone groups is 1. The van der Waals surface area contributed by atoms with Crippen molar-refractivity contribution in [1.29, 1.82) is 0 Å². The molecule has 0 aliphatic rings.